The van der Waals surface area contributed by atoms with Gasteiger partial charge in [-0.15, -0.1) is 0 Å². The lowest BCUT2D eigenvalue weighted by atomic mass is 10.2. The van der Waals surface area contributed by atoms with E-state index >= 15 is 0 Å². The first kappa shape index (κ1) is 12.3. The Bertz CT molecular complexity index is 562. The lowest BCUT2D eigenvalue weighted by molar-refractivity contribution is -0.384. The Kier molecular flexibility index (Phi) is 3.42. The number of aromatic amines is 1. The number of hydrogen-bond donors (Lipinski definition) is 3. The summed E-state index contributed by atoms with van der Waals surface area (Å²) in [6, 6.07) is 4.67. The number of imidazole rings is 1. The van der Waals surface area contributed by atoms with Crippen LogP contribution in [0.3, 0.4) is 0 Å². The van der Waals surface area contributed by atoms with E-state index in [1.165, 1.54) is 12.1 Å². The second kappa shape index (κ2) is 5.01. The van der Waals surface area contributed by atoms with E-state index in [2.05, 4.69) is 15.3 Å². The summed E-state index contributed by atoms with van der Waals surface area (Å²) in [7, 11) is 0. The summed E-state index contributed by atoms with van der Waals surface area (Å²) in [6.45, 7) is 2.53. The van der Waals surface area contributed by atoms with Gasteiger partial charge in [0, 0.05) is 24.7 Å². The van der Waals surface area contributed by atoms with Gasteiger partial charge in [0.2, 0.25) is 5.95 Å². The van der Waals surface area contributed by atoms with E-state index < -0.39 is 4.92 Å². The van der Waals surface area contributed by atoms with Crippen LogP contribution in [0.2, 0.25) is 0 Å². The number of aromatic nitrogens is 2. The van der Waals surface area contributed by atoms with Crippen molar-refractivity contribution in [2.75, 3.05) is 11.9 Å². The van der Waals surface area contributed by atoms with Gasteiger partial charge in [-0.25, -0.2) is 4.98 Å². The number of H-pyrrole nitrogens is 1. The van der Waals surface area contributed by atoms with Crippen molar-refractivity contribution >= 4 is 22.7 Å². The second-order valence-electron chi connectivity index (χ2n) is 4.03. The molecule has 1 aromatic heterocycles. The zero-order chi connectivity index (χ0) is 13.1. The summed E-state index contributed by atoms with van der Waals surface area (Å²) < 4.78 is 0. The van der Waals surface area contributed by atoms with E-state index in [1.807, 2.05) is 6.92 Å². The Morgan fingerprint density at radius 2 is 2.39 bits per heavy atom. The Hall–Kier alpha value is -2.15. The van der Waals surface area contributed by atoms with Gasteiger partial charge < -0.3 is 16.0 Å². The number of anilines is 1. The molecule has 0 fully saturated rings. The van der Waals surface area contributed by atoms with Crippen LogP contribution in [0.4, 0.5) is 11.6 Å². The highest BCUT2D eigenvalue weighted by Crippen LogP contribution is 2.20. The highest BCUT2D eigenvalue weighted by Gasteiger charge is 2.11. The maximum atomic E-state index is 10.7. The number of non-ortho nitro benzene ring substituents is 1. The largest absolute Gasteiger partial charge is 0.352 e. The molecule has 0 aliphatic carbocycles. The molecule has 1 unspecified atom stereocenters. The van der Waals surface area contributed by atoms with Crippen LogP contribution in [0.25, 0.3) is 11.0 Å². The van der Waals surface area contributed by atoms with Crippen molar-refractivity contribution in [1.82, 2.24) is 9.97 Å². The third kappa shape index (κ3) is 2.40. The molecule has 7 nitrogen and oxygen atoms in total. The average Bonchev–Trinajstić information content (AvgIpc) is 2.76. The number of nitro groups is 1. The quantitative estimate of drug-likeness (QED) is 0.551. The van der Waals surface area contributed by atoms with Gasteiger partial charge in [-0.1, -0.05) is 6.92 Å². The number of fused-ring (bicyclic) bond motifs is 1. The van der Waals surface area contributed by atoms with E-state index in [0.717, 1.165) is 6.42 Å². The average molecular weight is 249 g/mol. The van der Waals surface area contributed by atoms with E-state index in [9.17, 15) is 10.1 Å². The summed E-state index contributed by atoms with van der Waals surface area (Å²) >= 11 is 0. The molecular formula is C11H15N5O2. The Morgan fingerprint density at radius 3 is 3.00 bits per heavy atom. The molecule has 18 heavy (non-hydrogen) atoms. The van der Waals surface area contributed by atoms with Gasteiger partial charge in [-0.2, -0.15) is 0 Å². The first-order valence-electron chi connectivity index (χ1n) is 5.74. The van der Waals surface area contributed by atoms with E-state index in [0.29, 0.717) is 23.5 Å². The predicted octanol–water partition coefficient (Wildman–Crippen LogP) is 1.62. The van der Waals surface area contributed by atoms with Crippen molar-refractivity contribution in [2.24, 2.45) is 5.73 Å². The van der Waals surface area contributed by atoms with Crippen molar-refractivity contribution < 1.29 is 4.92 Å². The zero-order valence-electron chi connectivity index (χ0n) is 10.0. The summed E-state index contributed by atoms with van der Waals surface area (Å²) in [5, 5.41) is 13.8. The van der Waals surface area contributed by atoms with Gasteiger partial charge in [-0.05, 0) is 12.5 Å². The van der Waals surface area contributed by atoms with Crippen LogP contribution in [-0.2, 0) is 0 Å². The number of nitrogens with one attached hydrogen (secondary N) is 2. The van der Waals surface area contributed by atoms with Gasteiger partial charge in [-0.3, -0.25) is 10.1 Å². The molecule has 1 aromatic carbocycles. The molecule has 0 saturated heterocycles. The molecule has 2 rings (SSSR count). The van der Waals surface area contributed by atoms with Crippen LogP contribution >= 0.6 is 0 Å². The summed E-state index contributed by atoms with van der Waals surface area (Å²) in [5.74, 6) is 0.586. The van der Waals surface area contributed by atoms with Crippen LogP contribution in [0.1, 0.15) is 13.3 Å². The first-order valence-corrected chi connectivity index (χ1v) is 5.74. The smallest absolute Gasteiger partial charge is 0.271 e. The molecular weight excluding hydrogens is 234 g/mol. The van der Waals surface area contributed by atoms with Gasteiger partial charge in [0.15, 0.2) is 0 Å². The molecule has 0 aliphatic heterocycles. The van der Waals surface area contributed by atoms with Crippen LogP contribution < -0.4 is 11.1 Å². The van der Waals surface area contributed by atoms with Gasteiger partial charge in [0.1, 0.15) is 0 Å². The topological polar surface area (TPSA) is 110 Å². The monoisotopic (exact) mass is 249 g/mol. The molecule has 96 valence electrons. The maximum Gasteiger partial charge on any atom is 0.271 e. The van der Waals surface area contributed by atoms with Crippen LogP contribution in [0, 0.1) is 10.1 Å². The van der Waals surface area contributed by atoms with Gasteiger partial charge in [0.25, 0.3) is 5.69 Å². The van der Waals surface area contributed by atoms with Crippen molar-refractivity contribution in [3.8, 4) is 0 Å². The van der Waals surface area contributed by atoms with E-state index in [-0.39, 0.29) is 11.7 Å². The lowest BCUT2D eigenvalue weighted by Gasteiger charge is -2.12. The minimum absolute atomic E-state index is 0.0450. The fourth-order valence-electron chi connectivity index (χ4n) is 1.70. The van der Waals surface area contributed by atoms with Gasteiger partial charge >= 0.3 is 0 Å². The molecule has 1 heterocycles. The molecule has 0 spiro atoms. The van der Waals surface area contributed by atoms with Crippen LogP contribution in [0.5, 0.6) is 0 Å². The third-order valence-electron chi connectivity index (χ3n) is 2.79. The molecule has 0 bridgehead atoms. The van der Waals surface area contributed by atoms with Crippen molar-refractivity contribution in [3.05, 3.63) is 28.3 Å². The first-order chi connectivity index (χ1) is 8.63. The second-order valence-corrected chi connectivity index (χ2v) is 4.03. The Labute approximate surface area is 104 Å². The van der Waals surface area contributed by atoms with E-state index in [4.69, 9.17) is 5.73 Å². The van der Waals surface area contributed by atoms with Crippen molar-refractivity contribution in [2.45, 2.75) is 19.4 Å². The molecule has 0 radical (unpaired) electrons. The number of nitrogens with zero attached hydrogens (tertiary/aromatic N) is 2. The molecule has 7 heteroatoms. The fraction of sp³-hybridized carbons (Fsp3) is 0.364. The number of benzene rings is 1. The predicted molar refractivity (Wildman–Crippen MR) is 69.5 cm³/mol. The third-order valence-corrected chi connectivity index (χ3v) is 2.79. The van der Waals surface area contributed by atoms with Crippen LogP contribution in [-0.4, -0.2) is 27.5 Å². The number of nitro benzene ring substituents is 1. The Morgan fingerprint density at radius 1 is 1.61 bits per heavy atom. The van der Waals surface area contributed by atoms with E-state index in [1.54, 1.807) is 6.07 Å². The lowest BCUT2D eigenvalue weighted by Crippen LogP contribution is -2.28. The normalized spacial score (nSPS) is 12.6. The number of rotatable bonds is 5. The van der Waals surface area contributed by atoms with Crippen molar-refractivity contribution in [1.29, 1.82) is 0 Å². The highest BCUT2D eigenvalue weighted by molar-refractivity contribution is 5.79. The highest BCUT2D eigenvalue weighted by atomic mass is 16.6. The summed E-state index contributed by atoms with van der Waals surface area (Å²) in [5.41, 5.74) is 6.97. The maximum absolute atomic E-state index is 10.7. The minimum Gasteiger partial charge on any atom is -0.352 e. The van der Waals surface area contributed by atoms with Crippen LogP contribution in [0.15, 0.2) is 18.2 Å². The fourth-order valence-corrected chi connectivity index (χ4v) is 1.70. The number of nitrogens with two attached hydrogens (primary N) is 1. The minimum atomic E-state index is -0.428. The van der Waals surface area contributed by atoms with Crippen molar-refractivity contribution in [3.63, 3.8) is 0 Å². The molecule has 0 saturated carbocycles. The standard InChI is InChI=1S/C11H15N5O2/c1-2-7(6-12)13-11-14-9-4-3-8(16(17)18)5-10(9)15-11/h3-5,7H,2,6,12H2,1H3,(H2,13,14,15). The van der Waals surface area contributed by atoms with Gasteiger partial charge in [0.05, 0.1) is 16.0 Å². The molecule has 0 aliphatic rings. The zero-order valence-corrected chi connectivity index (χ0v) is 10.0. The summed E-state index contributed by atoms with van der Waals surface area (Å²) in [6.07, 6.45) is 0.883. The molecule has 2 aromatic rings. The molecule has 0 amide bonds. The number of hydrogen-bond acceptors (Lipinski definition) is 5. The SMILES string of the molecule is CCC(CN)Nc1nc2ccc([N+](=O)[O-])cc2[nH]1. The molecule has 4 N–H and O–H groups in total. The molecule has 1 atom stereocenters. The Balaban J connectivity index is 2.29. The summed E-state index contributed by atoms with van der Waals surface area (Å²) in [4.78, 5) is 17.5.